The summed E-state index contributed by atoms with van der Waals surface area (Å²) >= 11 is 3.05. The van der Waals surface area contributed by atoms with Crippen LogP contribution >= 0.6 is 22.7 Å². The highest BCUT2D eigenvalue weighted by Crippen LogP contribution is 2.35. The summed E-state index contributed by atoms with van der Waals surface area (Å²) in [5.74, 6) is -0.303. The van der Waals surface area contributed by atoms with Crippen LogP contribution in [0.2, 0.25) is 0 Å². The lowest BCUT2D eigenvalue weighted by Gasteiger charge is -2.14. The molecular formula is C27H17NO2S2. The van der Waals surface area contributed by atoms with Crippen LogP contribution in [-0.2, 0) is 0 Å². The molecule has 3 nitrogen and oxygen atoms in total. The molecule has 5 aromatic rings. The highest BCUT2D eigenvalue weighted by molar-refractivity contribution is 7.14. The van der Waals surface area contributed by atoms with Gasteiger partial charge in [0.25, 0.3) is 0 Å². The predicted molar refractivity (Wildman–Crippen MR) is 131 cm³/mol. The summed E-state index contributed by atoms with van der Waals surface area (Å²) in [6, 6.07) is 27.7. The summed E-state index contributed by atoms with van der Waals surface area (Å²) < 4.78 is 0. The molecule has 0 aliphatic carbocycles. The summed E-state index contributed by atoms with van der Waals surface area (Å²) in [5.41, 5.74) is 3.18. The third-order valence-corrected chi connectivity index (χ3v) is 6.85. The second-order valence-corrected chi connectivity index (χ2v) is 9.02. The molecule has 0 aliphatic rings. The van der Waals surface area contributed by atoms with Crippen molar-refractivity contribution in [3.05, 3.63) is 124 Å². The number of rotatable bonds is 6. The summed E-state index contributed by atoms with van der Waals surface area (Å²) in [5, 5.41) is 3.92. The van der Waals surface area contributed by atoms with E-state index in [2.05, 4.69) is 0 Å². The molecule has 0 unspecified atom stereocenters. The molecule has 154 valence electrons. The van der Waals surface area contributed by atoms with Crippen molar-refractivity contribution in [1.29, 1.82) is 0 Å². The summed E-state index contributed by atoms with van der Waals surface area (Å²) in [6.45, 7) is 0. The van der Waals surface area contributed by atoms with Gasteiger partial charge in [0.15, 0.2) is 11.6 Å². The first kappa shape index (κ1) is 20.2. The van der Waals surface area contributed by atoms with Crippen LogP contribution in [0.4, 0.5) is 0 Å². The standard InChI is InChI=1S/C27H17NO2S2/c29-26(18-9-3-1-4-10-18)20-17-21(27(30)19-11-5-2-6-12-19)25(23-14-8-16-32-23)28-24(20)22-13-7-15-31-22/h1-17H. The van der Waals surface area contributed by atoms with Crippen LogP contribution in [0, 0.1) is 0 Å². The molecule has 0 bridgehead atoms. The van der Waals surface area contributed by atoms with Gasteiger partial charge in [-0.3, -0.25) is 9.59 Å². The van der Waals surface area contributed by atoms with Crippen LogP contribution in [0.5, 0.6) is 0 Å². The molecule has 3 heterocycles. The van der Waals surface area contributed by atoms with E-state index in [0.717, 1.165) is 9.75 Å². The molecule has 0 amide bonds. The van der Waals surface area contributed by atoms with Crippen molar-refractivity contribution in [3.63, 3.8) is 0 Å². The first-order valence-electron chi connectivity index (χ1n) is 10.0. The van der Waals surface area contributed by atoms with Crippen molar-refractivity contribution in [2.75, 3.05) is 0 Å². The number of hydrogen-bond donors (Lipinski definition) is 0. The van der Waals surface area contributed by atoms with Crippen molar-refractivity contribution < 1.29 is 9.59 Å². The Kier molecular flexibility index (Phi) is 5.58. The van der Waals surface area contributed by atoms with Crippen molar-refractivity contribution in [3.8, 4) is 21.1 Å². The molecule has 0 aliphatic heterocycles. The van der Waals surface area contributed by atoms with Crippen LogP contribution in [-0.4, -0.2) is 16.6 Å². The van der Waals surface area contributed by atoms with Gasteiger partial charge >= 0.3 is 0 Å². The molecule has 32 heavy (non-hydrogen) atoms. The smallest absolute Gasteiger partial charge is 0.195 e. The van der Waals surface area contributed by atoms with E-state index in [1.165, 1.54) is 22.7 Å². The largest absolute Gasteiger partial charge is 0.289 e. The Bertz CT molecular complexity index is 1270. The van der Waals surface area contributed by atoms with Gasteiger partial charge in [0, 0.05) is 11.1 Å². The van der Waals surface area contributed by atoms with Crippen LogP contribution in [0.3, 0.4) is 0 Å². The minimum atomic E-state index is -0.152. The Balaban J connectivity index is 1.77. The fourth-order valence-electron chi connectivity index (χ4n) is 3.55. The Morgan fingerprint density at radius 1 is 0.562 bits per heavy atom. The van der Waals surface area contributed by atoms with Crippen LogP contribution < -0.4 is 0 Å². The average molecular weight is 452 g/mol. The number of aromatic nitrogens is 1. The van der Waals surface area contributed by atoms with E-state index in [1.54, 1.807) is 30.3 Å². The summed E-state index contributed by atoms with van der Waals surface area (Å²) in [7, 11) is 0. The number of nitrogens with zero attached hydrogens (tertiary/aromatic N) is 1. The molecule has 0 N–H and O–H groups in total. The third-order valence-electron chi connectivity index (χ3n) is 5.09. The molecule has 3 aromatic heterocycles. The fourth-order valence-corrected chi connectivity index (χ4v) is 5.01. The van der Waals surface area contributed by atoms with Crippen LogP contribution in [0.25, 0.3) is 21.1 Å². The molecule has 5 heteroatoms. The van der Waals surface area contributed by atoms with Gasteiger partial charge in [0.2, 0.25) is 0 Å². The van der Waals surface area contributed by atoms with E-state index in [-0.39, 0.29) is 11.6 Å². The third kappa shape index (κ3) is 3.84. The Hall–Kier alpha value is -3.67. The van der Waals surface area contributed by atoms with Crippen molar-refractivity contribution in [1.82, 2.24) is 4.98 Å². The first-order chi connectivity index (χ1) is 15.7. The zero-order valence-corrected chi connectivity index (χ0v) is 18.5. The Morgan fingerprint density at radius 2 is 1.00 bits per heavy atom. The molecule has 2 aromatic carbocycles. The lowest BCUT2D eigenvalue weighted by atomic mass is 9.94. The molecule has 0 radical (unpaired) electrons. The number of carbonyl (C=O) groups excluding carboxylic acids is 2. The number of carbonyl (C=O) groups is 2. The molecule has 0 fully saturated rings. The van der Waals surface area contributed by atoms with E-state index in [9.17, 15) is 9.59 Å². The normalized spacial score (nSPS) is 10.8. The fraction of sp³-hybridized carbons (Fsp3) is 0. The van der Waals surface area contributed by atoms with E-state index in [4.69, 9.17) is 4.98 Å². The maximum Gasteiger partial charge on any atom is 0.195 e. The van der Waals surface area contributed by atoms with Gasteiger partial charge in [-0.1, -0.05) is 72.8 Å². The number of benzene rings is 2. The second-order valence-electron chi connectivity index (χ2n) is 7.13. The van der Waals surface area contributed by atoms with E-state index >= 15 is 0 Å². The SMILES string of the molecule is O=C(c1ccccc1)c1cc(C(=O)c2ccccc2)c(-c2cccs2)nc1-c1cccs1. The van der Waals surface area contributed by atoms with Gasteiger partial charge < -0.3 is 0 Å². The highest BCUT2D eigenvalue weighted by atomic mass is 32.1. The quantitative estimate of drug-likeness (QED) is 0.261. The van der Waals surface area contributed by atoms with Gasteiger partial charge in [-0.15, -0.1) is 22.7 Å². The van der Waals surface area contributed by atoms with E-state index < -0.39 is 0 Å². The zero-order valence-electron chi connectivity index (χ0n) is 16.9. The van der Waals surface area contributed by atoms with Gasteiger partial charge in [-0.05, 0) is 29.0 Å². The van der Waals surface area contributed by atoms with Crippen molar-refractivity contribution in [2.45, 2.75) is 0 Å². The lowest BCUT2D eigenvalue weighted by molar-refractivity contribution is 0.103. The Morgan fingerprint density at radius 3 is 1.38 bits per heavy atom. The van der Waals surface area contributed by atoms with Crippen molar-refractivity contribution in [2.24, 2.45) is 0 Å². The number of thiophene rings is 2. The maximum absolute atomic E-state index is 13.5. The second kappa shape index (κ2) is 8.83. The summed E-state index contributed by atoms with van der Waals surface area (Å²) in [6.07, 6.45) is 0. The minimum absolute atomic E-state index is 0.152. The van der Waals surface area contributed by atoms with E-state index in [0.29, 0.717) is 33.6 Å². The molecule has 0 saturated carbocycles. The molecule has 0 atom stereocenters. The van der Waals surface area contributed by atoms with Gasteiger partial charge in [0.1, 0.15) is 0 Å². The van der Waals surface area contributed by atoms with Crippen molar-refractivity contribution >= 4 is 34.2 Å². The van der Waals surface area contributed by atoms with Gasteiger partial charge in [-0.2, -0.15) is 0 Å². The monoisotopic (exact) mass is 451 g/mol. The average Bonchev–Trinajstić information content (AvgIpc) is 3.58. The van der Waals surface area contributed by atoms with Gasteiger partial charge in [-0.25, -0.2) is 4.98 Å². The molecular weight excluding hydrogens is 434 g/mol. The highest BCUT2D eigenvalue weighted by Gasteiger charge is 2.25. The summed E-state index contributed by atoms with van der Waals surface area (Å²) in [4.78, 5) is 33.8. The lowest BCUT2D eigenvalue weighted by Crippen LogP contribution is -2.11. The number of pyridine rings is 1. The molecule has 0 spiro atoms. The van der Waals surface area contributed by atoms with Crippen LogP contribution in [0.1, 0.15) is 31.8 Å². The molecule has 0 saturated heterocycles. The van der Waals surface area contributed by atoms with Gasteiger partial charge in [0.05, 0.1) is 32.3 Å². The topological polar surface area (TPSA) is 47.0 Å². The number of ketones is 2. The predicted octanol–water partition coefficient (Wildman–Crippen LogP) is 7.00. The first-order valence-corrected chi connectivity index (χ1v) is 11.8. The zero-order chi connectivity index (χ0) is 21.9. The van der Waals surface area contributed by atoms with E-state index in [1.807, 2.05) is 71.4 Å². The Labute approximate surface area is 193 Å². The maximum atomic E-state index is 13.5. The number of hydrogen-bond acceptors (Lipinski definition) is 5. The molecule has 5 rings (SSSR count). The minimum Gasteiger partial charge on any atom is -0.289 e. The van der Waals surface area contributed by atoms with Crippen LogP contribution in [0.15, 0.2) is 102 Å².